The molecule has 0 amide bonds. The number of rotatable bonds is 2. The third-order valence-corrected chi connectivity index (χ3v) is 5.17. The summed E-state index contributed by atoms with van der Waals surface area (Å²) in [5, 5.41) is 0. The van der Waals surface area contributed by atoms with Crippen molar-refractivity contribution in [2.24, 2.45) is 35.5 Å². The first kappa shape index (κ1) is 11.4. The predicted molar refractivity (Wildman–Crippen MR) is 68.8 cm³/mol. The average Bonchev–Trinajstić information content (AvgIpc) is 3.28. The summed E-state index contributed by atoms with van der Waals surface area (Å²) < 4.78 is 5.18. The van der Waals surface area contributed by atoms with E-state index in [1.54, 1.807) is 0 Å². The first-order valence-corrected chi connectivity index (χ1v) is 7.33. The molecule has 0 aromatic rings. The van der Waals surface area contributed by atoms with Crippen LogP contribution in [0, 0.1) is 35.5 Å². The van der Waals surface area contributed by atoms with Crippen molar-refractivity contribution in [2.75, 3.05) is 0 Å². The van der Waals surface area contributed by atoms with E-state index < -0.39 is 0 Å². The van der Waals surface area contributed by atoms with Gasteiger partial charge in [-0.2, -0.15) is 0 Å². The fourth-order valence-electron chi connectivity index (χ4n) is 3.78. The molecule has 0 radical (unpaired) electrons. The molecule has 0 heterocycles. The fourth-order valence-corrected chi connectivity index (χ4v) is 3.78. The van der Waals surface area contributed by atoms with Gasteiger partial charge in [-0.25, -0.2) is 0 Å². The number of carbonyl (C=O) groups excluding carboxylic acids is 2. The number of esters is 2. The van der Waals surface area contributed by atoms with Crippen molar-refractivity contribution in [1.29, 1.82) is 0 Å². The van der Waals surface area contributed by atoms with Crippen LogP contribution in [0.3, 0.4) is 0 Å². The summed E-state index contributed by atoms with van der Waals surface area (Å²) in [4.78, 5) is 24.2. The van der Waals surface area contributed by atoms with E-state index in [4.69, 9.17) is 4.74 Å². The number of carbonyl (C=O) groups is 2. The van der Waals surface area contributed by atoms with Gasteiger partial charge in [-0.1, -0.05) is 24.3 Å². The first-order chi connectivity index (χ1) is 9.24. The molecule has 6 atom stereocenters. The normalized spacial score (nSPS) is 45.1. The zero-order valence-electron chi connectivity index (χ0n) is 10.8. The minimum absolute atomic E-state index is 0.0758. The fraction of sp³-hybridized carbons (Fsp3) is 0.625. The lowest BCUT2D eigenvalue weighted by atomic mass is 9.92. The predicted octanol–water partition coefficient (Wildman–Crippen LogP) is 2.48. The highest BCUT2D eigenvalue weighted by atomic mass is 16.6. The second-order valence-corrected chi connectivity index (χ2v) is 6.41. The third kappa shape index (κ3) is 1.96. The lowest BCUT2D eigenvalue weighted by molar-refractivity contribution is -0.166. The zero-order valence-corrected chi connectivity index (χ0v) is 10.8. The Morgan fingerprint density at radius 2 is 1.32 bits per heavy atom. The molecule has 0 aromatic carbocycles. The van der Waals surface area contributed by atoms with E-state index in [2.05, 4.69) is 24.3 Å². The van der Waals surface area contributed by atoms with Crippen LogP contribution in [0.5, 0.6) is 0 Å². The van der Waals surface area contributed by atoms with Crippen molar-refractivity contribution in [1.82, 2.24) is 0 Å². The van der Waals surface area contributed by atoms with Crippen LogP contribution in [0.1, 0.15) is 25.7 Å². The molecule has 6 unspecified atom stereocenters. The molecule has 3 heteroatoms. The highest BCUT2D eigenvalue weighted by Crippen LogP contribution is 2.51. The Morgan fingerprint density at radius 3 is 1.79 bits per heavy atom. The topological polar surface area (TPSA) is 43.4 Å². The summed E-state index contributed by atoms with van der Waals surface area (Å²) in [7, 11) is 0. The van der Waals surface area contributed by atoms with Gasteiger partial charge in [0.15, 0.2) is 0 Å². The Hall–Kier alpha value is -1.38. The van der Waals surface area contributed by atoms with Crippen molar-refractivity contribution >= 4 is 11.9 Å². The number of hydrogen-bond acceptors (Lipinski definition) is 3. The highest BCUT2D eigenvalue weighted by molar-refractivity contribution is 5.89. The number of ether oxygens (including phenoxy) is 1. The van der Waals surface area contributed by atoms with E-state index in [1.165, 1.54) is 0 Å². The molecule has 0 N–H and O–H groups in total. The average molecular weight is 258 g/mol. The van der Waals surface area contributed by atoms with Gasteiger partial charge in [-0.15, -0.1) is 0 Å². The van der Waals surface area contributed by atoms with Crippen molar-refractivity contribution < 1.29 is 14.3 Å². The maximum atomic E-state index is 12.1. The van der Waals surface area contributed by atoms with Crippen LogP contribution in [0.15, 0.2) is 24.3 Å². The van der Waals surface area contributed by atoms with E-state index in [0.29, 0.717) is 23.7 Å². The van der Waals surface area contributed by atoms with Gasteiger partial charge in [0.25, 0.3) is 0 Å². The molecule has 100 valence electrons. The van der Waals surface area contributed by atoms with E-state index in [-0.39, 0.29) is 23.8 Å². The highest BCUT2D eigenvalue weighted by Gasteiger charge is 2.49. The van der Waals surface area contributed by atoms with Crippen LogP contribution in [0.2, 0.25) is 0 Å². The molecule has 4 aliphatic carbocycles. The van der Waals surface area contributed by atoms with Gasteiger partial charge in [0.05, 0.1) is 11.8 Å². The Labute approximate surface area is 112 Å². The van der Waals surface area contributed by atoms with Gasteiger partial charge < -0.3 is 4.74 Å². The Bertz CT molecular complexity index is 446. The van der Waals surface area contributed by atoms with Crippen LogP contribution >= 0.6 is 0 Å². The Balaban J connectivity index is 1.38. The molecule has 0 bridgehead atoms. The van der Waals surface area contributed by atoms with Gasteiger partial charge in [0, 0.05) is 0 Å². The van der Waals surface area contributed by atoms with Crippen LogP contribution in [-0.4, -0.2) is 11.9 Å². The lowest BCUT2D eigenvalue weighted by Crippen LogP contribution is -2.29. The van der Waals surface area contributed by atoms with Crippen LogP contribution in [0.4, 0.5) is 0 Å². The molecule has 0 aliphatic heterocycles. The summed E-state index contributed by atoms with van der Waals surface area (Å²) in [6, 6.07) is 0. The van der Waals surface area contributed by atoms with Crippen molar-refractivity contribution in [3.05, 3.63) is 24.3 Å². The monoisotopic (exact) mass is 258 g/mol. The summed E-state index contributed by atoms with van der Waals surface area (Å²) in [5.41, 5.74) is 0. The van der Waals surface area contributed by atoms with Crippen molar-refractivity contribution in [2.45, 2.75) is 25.7 Å². The molecule has 0 spiro atoms. The molecule has 2 fully saturated rings. The van der Waals surface area contributed by atoms with Crippen molar-refractivity contribution in [3.63, 3.8) is 0 Å². The summed E-state index contributed by atoms with van der Waals surface area (Å²) in [6.45, 7) is 0. The molecule has 4 aliphatic rings. The second-order valence-electron chi connectivity index (χ2n) is 6.41. The van der Waals surface area contributed by atoms with E-state index in [0.717, 1.165) is 25.7 Å². The zero-order chi connectivity index (χ0) is 13.0. The second kappa shape index (κ2) is 4.06. The molecule has 3 nitrogen and oxygen atoms in total. The minimum Gasteiger partial charge on any atom is -0.393 e. The van der Waals surface area contributed by atoms with Gasteiger partial charge in [0.1, 0.15) is 0 Å². The van der Waals surface area contributed by atoms with Gasteiger partial charge >= 0.3 is 11.9 Å². The lowest BCUT2D eigenvalue weighted by Gasteiger charge is -2.19. The number of allylic oxidation sites excluding steroid dienone is 4. The summed E-state index contributed by atoms with van der Waals surface area (Å²) in [6.07, 6.45) is 12.2. The minimum atomic E-state index is -0.284. The summed E-state index contributed by atoms with van der Waals surface area (Å²) >= 11 is 0. The molecular formula is C16H18O3. The maximum Gasteiger partial charge on any atom is 0.317 e. The Morgan fingerprint density at radius 1 is 0.842 bits per heavy atom. The van der Waals surface area contributed by atoms with Crippen molar-refractivity contribution in [3.8, 4) is 0 Å². The summed E-state index contributed by atoms with van der Waals surface area (Å²) in [5.74, 6) is 1.28. The van der Waals surface area contributed by atoms with Gasteiger partial charge in [-0.05, 0) is 49.4 Å². The molecule has 2 saturated carbocycles. The molecular weight excluding hydrogens is 240 g/mol. The van der Waals surface area contributed by atoms with Crippen LogP contribution in [0.25, 0.3) is 0 Å². The quantitative estimate of drug-likeness (QED) is 0.434. The first-order valence-electron chi connectivity index (χ1n) is 7.33. The number of hydrogen-bond donors (Lipinski definition) is 0. The smallest absolute Gasteiger partial charge is 0.317 e. The molecule has 19 heavy (non-hydrogen) atoms. The largest absolute Gasteiger partial charge is 0.393 e. The Kier molecular flexibility index (Phi) is 2.44. The molecule has 0 saturated heterocycles. The van der Waals surface area contributed by atoms with E-state index in [9.17, 15) is 9.59 Å². The van der Waals surface area contributed by atoms with E-state index in [1.807, 2.05) is 0 Å². The maximum absolute atomic E-state index is 12.1. The third-order valence-electron chi connectivity index (χ3n) is 5.17. The number of fused-ring (bicyclic) bond motifs is 2. The van der Waals surface area contributed by atoms with Crippen LogP contribution < -0.4 is 0 Å². The van der Waals surface area contributed by atoms with Gasteiger partial charge in [-0.3, -0.25) is 9.59 Å². The van der Waals surface area contributed by atoms with E-state index >= 15 is 0 Å². The van der Waals surface area contributed by atoms with Gasteiger partial charge in [0.2, 0.25) is 0 Å². The molecule has 0 aromatic heterocycles. The SMILES string of the molecule is O=C(OC(=O)C1CC=CC2CC21)C1CC=CC2CC21. The standard InChI is InChI=1S/C16H18O3/c17-15(11-5-1-3-9-7-13(9)11)19-16(18)12-6-2-4-10-8-14(10)12/h1-4,9-14H,5-8H2. The van der Waals surface area contributed by atoms with Crippen LogP contribution in [-0.2, 0) is 14.3 Å². The molecule has 4 rings (SSSR count).